The van der Waals surface area contributed by atoms with Gasteiger partial charge in [-0.2, -0.15) is 0 Å². The predicted molar refractivity (Wildman–Crippen MR) is 60.4 cm³/mol. The number of nitrogens with zero attached hydrogens (tertiary/aromatic N) is 1. The monoisotopic (exact) mass is 234 g/mol. The molecule has 0 spiro atoms. The molecule has 0 aliphatic heterocycles. The zero-order valence-corrected chi connectivity index (χ0v) is 9.56. The van der Waals surface area contributed by atoms with Gasteiger partial charge in [0.15, 0.2) is 0 Å². The second-order valence-electron chi connectivity index (χ2n) is 3.54. The molecule has 0 atom stereocenters. The molecule has 0 bridgehead atoms. The van der Waals surface area contributed by atoms with E-state index in [1.807, 2.05) is 4.90 Å². The lowest BCUT2D eigenvalue weighted by Gasteiger charge is -2.20. The Morgan fingerprint density at radius 3 is 2.38 bits per heavy atom. The first-order valence-electron chi connectivity index (χ1n) is 5.57. The van der Waals surface area contributed by atoms with E-state index >= 15 is 0 Å². The van der Waals surface area contributed by atoms with Crippen molar-refractivity contribution in [1.82, 2.24) is 10.2 Å². The van der Waals surface area contributed by atoms with Gasteiger partial charge in [0.25, 0.3) is 0 Å². The van der Waals surface area contributed by atoms with Gasteiger partial charge in [0.05, 0.1) is 13.2 Å². The summed E-state index contributed by atoms with van der Waals surface area (Å²) in [6.07, 6.45) is 0.751. The summed E-state index contributed by atoms with van der Waals surface area (Å²) >= 11 is 0. The van der Waals surface area contributed by atoms with Gasteiger partial charge in [-0.3, -0.25) is 9.69 Å². The highest BCUT2D eigenvalue weighted by atomic mass is 16.4. The van der Waals surface area contributed by atoms with Crippen LogP contribution < -0.4 is 5.32 Å². The molecule has 0 heterocycles. The summed E-state index contributed by atoms with van der Waals surface area (Å²) in [6, 6.07) is 0. The maximum Gasteiger partial charge on any atom is 0.303 e. The van der Waals surface area contributed by atoms with Crippen LogP contribution in [0.2, 0.25) is 0 Å². The SMILES string of the molecule is O=C(O)CCCN(CCO)CCNCCO. The Bertz CT molecular complexity index is 178. The number of carboxylic acids is 1. The van der Waals surface area contributed by atoms with Crippen molar-refractivity contribution >= 4 is 5.97 Å². The molecule has 6 nitrogen and oxygen atoms in total. The lowest BCUT2D eigenvalue weighted by Crippen LogP contribution is -2.35. The minimum Gasteiger partial charge on any atom is -0.481 e. The molecule has 0 saturated carbocycles. The zero-order valence-electron chi connectivity index (χ0n) is 9.56. The Morgan fingerprint density at radius 1 is 1.06 bits per heavy atom. The summed E-state index contributed by atoms with van der Waals surface area (Å²) in [5.74, 6) is -0.789. The molecular formula is C10H22N2O4. The molecule has 0 amide bonds. The van der Waals surface area contributed by atoms with Crippen molar-refractivity contribution in [3.05, 3.63) is 0 Å². The summed E-state index contributed by atoms with van der Waals surface area (Å²) in [6.45, 7) is 3.45. The molecule has 0 aromatic heterocycles. The number of carboxylic acid groups (broad SMARTS) is 1. The molecule has 96 valence electrons. The third-order valence-corrected chi connectivity index (χ3v) is 2.17. The zero-order chi connectivity index (χ0) is 12.2. The van der Waals surface area contributed by atoms with Gasteiger partial charge in [0, 0.05) is 32.6 Å². The molecule has 0 radical (unpaired) electrons. The maximum absolute atomic E-state index is 10.3. The molecule has 16 heavy (non-hydrogen) atoms. The van der Waals surface area contributed by atoms with Crippen molar-refractivity contribution in [3.63, 3.8) is 0 Å². The van der Waals surface area contributed by atoms with Gasteiger partial charge in [-0.1, -0.05) is 0 Å². The Morgan fingerprint density at radius 2 is 1.81 bits per heavy atom. The molecule has 0 saturated heterocycles. The normalized spacial score (nSPS) is 10.9. The molecule has 0 aliphatic carbocycles. The topological polar surface area (TPSA) is 93.0 Å². The summed E-state index contributed by atoms with van der Waals surface area (Å²) < 4.78 is 0. The van der Waals surface area contributed by atoms with Crippen LogP contribution in [0.25, 0.3) is 0 Å². The second kappa shape index (κ2) is 10.8. The number of aliphatic hydroxyl groups is 2. The number of rotatable bonds is 11. The van der Waals surface area contributed by atoms with E-state index in [2.05, 4.69) is 5.32 Å². The quantitative estimate of drug-likeness (QED) is 0.333. The largest absolute Gasteiger partial charge is 0.481 e. The first-order valence-corrected chi connectivity index (χ1v) is 5.57. The van der Waals surface area contributed by atoms with Crippen LogP contribution >= 0.6 is 0 Å². The van der Waals surface area contributed by atoms with Crippen LogP contribution in [-0.2, 0) is 4.79 Å². The van der Waals surface area contributed by atoms with Gasteiger partial charge < -0.3 is 20.6 Å². The van der Waals surface area contributed by atoms with Crippen molar-refractivity contribution in [2.45, 2.75) is 12.8 Å². The van der Waals surface area contributed by atoms with E-state index in [4.69, 9.17) is 15.3 Å². The fraction of sp³-hybridized carbons (Fsp3) is 0.900. The number of nitrogens with one attached hydrogen (secondary N) is 1. The average molecular weight is 234 g/mol. The van der Waals surface area contributed by atoms with E-state index in [1.165, 1.54) is 0 Å². The van der Waals surface area contributed by atoms with Gasteiger partial charge in [-0.05, 0) is 13.0 Å². The summed E-state index contributed by atoms with van der Waals surface area (Å²) in [5, 5.41) is 28.9. The van der Waals surface area contributed by atoms with Crippen molar-refractivity contribution < 1.29 is 20.1 Å². The van der Waals surface area contributed by atoms with E-state index in [-0.39, 0.29) is 19.6 Å². The third kappa shape index (κ3) is 9.85. The highest BCUT2D eigenvalue weighted by Gasteiger charge is 2.05. The van der Waals surface area contributed by atoms with Gasteiger partial charge >= 0.3 is 5.97 Å². The van der Waals surface area contributed by atoms with Crippen molar-refractivity contribution in [2.24, 2.45) is 0 Å². The Balaban J connectivity index is 3.57. The number of hydrogen-bond donors (Lipinski definition) is 4. The van der Waals surface area contributed by atoms with Gasteiger partial charge in [-0.25, -0.2) is 0 Å². The van der Waals surface area contributed by atoms with E-state index in [1.54, 1.807) is 0 Å². The molecule has 0 rings (SSSR count). The lowest BCUT2D eigenvalue weighted by atomic mass is 10.3. The first kappa shape index (κ1) is 15.3. The van der Waals surface area contributed by atoms with E-state index in [0.29, 0.717) is 26.1 Å². The van der Waals surface area contributed by atoms with Crippen LogP contribution in [-0.4, -0.2) is 72.1 Å². The molecular weight excluding hydrogens is 212 g/mol. The minimum atomic E-state index is -0.789. The van der Waals surface area contributed by atoms with E-state index < -0.39 is 5.97 Å². The molecule has 0 fully saturated rings. The fourth-order valence-corrected chi connectivity index (χ4v) is 1.37. The molecule has 6 heteroatoms. The van der Waals surface area contributed by atoms with Crippen LogP contribution in [0.3, 0.4) is 0 Å². The van der Waals surface area contributed by atoms with Crippen LogP contribution in [0.15, 0.2) is 0 Å². The smallest absolute Gasteiger partial charge is 0.303 e. The average Bonchev–Trinajstić information content (AvgIpc) is 2.23. The second-order valence-corrected chi connectivity index (χ2v) is 3.54. The van der Waals surface area contributed by atoms with Crippen molar-refractivity contribution in [3.8, 4) is 0 Å². The number of aliphatic carboxylic acids is 1. The molecule has 0 aromatic carbocycles. The highest BCUT2D eigenvalue weighted by molar-refractivity contribution is 5.66. The van der Waals surface area contributed by atoms with Crippen molar-refractivity contribution in [1.29, 1.82) is 0 Å². The third-order valence-electron chi connectivity index (χ3n) is 2.17. The summed E-state index contributed by atoms with van der Waals surface area (Å²) in [7, 11) is 0. The summed E-state index contributed by atoms with van der Waals surface area (Å²) in [4.78, 5) is 12.3. The number of aliphatic hydroxyl groups excluding tert-OH is 2. The highest BCUT2D eigenvalue weighted by Crippen LogP contribution is 1.94. The Hall–Kier alpha value is -0.690. The van der Waals surface area contributed by atoms with Gasteiger partial charge in [0.1, 0.15) is 0 Å². The minimum absolute atomic E-state index is 0.0765. The fourth-order valence-electron chi connectivity index (χ4n) is 1.37. The van der Waals surface area contributed by atoms with E-state index in [0.717, 1.165) is 13.1 Å². The summed E-state index contributed by atoms with van der Waals surface area (Å²) in [5.41, 5.74) is 0. The molecule has 0 aromatic rings. The Kier molecular flexibility index (Phi) is 10.3. The van der Waals surface area contributed by atoms with Gasteiger partial charge in [0.2, 0.25) is 0 Å². The van der Waals surface area contributed by atoms with Crippen LogP contribution in [0, 0.1) is 0 Å². The van der Waals surface area contributed by atoms with Crippen LogP contribution in [0.1, 0.15) is 12.8 Å². The first-order chi connectivity index (χ1) is 7.70. The Labute approximate surface area is 95.9 Å². The number of carbonyl (C=O) groups is 1. The lowest BCUT2D eigenvalue weighted by molar-refractivity contribution is -0.137. The van der Waals surface area contributed by atoms with E-state index in [9.17, 15) is 4.79 Å². The van der Waals surface area contributed by atoms with Crippen LogP contribution in [0.4, 0.5) is 0 Å². The maximum atomic E-state index is 10.3. The van der Waals surface area contributed by atoms with Crippen LogP contribution in [0.5, 0.6) is 0 Å². The standard InChI is InChI=1S/C10H22N2O4/c13-8-4-11-3-6-12(7-9-14)5-1-2-10(15)16/h11,13-14H,1-9H2,(H,15,16). The molecule has 0 aliphatic rings. The van der Waals surface area contributed by atoms with Crippen molar-refractivity contribution in [2.75, 3.05) is 45.9 Å². The molecule has 0 unspecified atom stereocenters. The molecule has 4 N–H and O–H groups in total. The van der Waals surface area contributed by atoms with Gasteiger partial charge in [-0.15, -0.1) is 0 Å². The number of hydrogen-bond acceptors (Lipinski definition) is 5. The predicted octanol–water partition coefficient (Wildman–Crippen LogP) is -1.27.